The molecular weight excluding hydrogens is 221 g/mol. The zero-order chi connectivity index (χ0) is 11.5. The maximum atomic E-state index is 12.9. The van der Waals surface area contributed by atoms with Crippen LogP contribution in [0.1, 0.15) is 0 Å². The van der Waals surface area contributed by atoms with Gasteiger partial charge in [-0.2, -0.15) is 13.9 Å². The molecule has 0 aliphatic heterocycles. The monoisotopic (exact) mass is 228 g/mol. The van der Waals surface area contributed by atoms with Crippen molar-refractivity contribution in [2.75, 3.05) is 0 Å². The summed E-state index contributed by atoms with van der Waals surface area (Å²) in [5.41, 5.74) is 0.320. The zero-order valence-corrected chi connectivity index (χ0v) is 7.98. The first-order chi connectivity index (χ1) is 7.66. The average Bonchev–Trinajstić information content (AvgIpc) is 2.65. The lowest BCUT2D eigenvalue weighted by Gasteiger charge is -2.07. The van der Waals surface area contributed by atoms with Crippen LogP contribution in [0.5, 0.6) is 5.88 Å². The summed E-state index contributed by atoms with van der Waals surface area (Å²) in [6.45, 7) is -2.94. The number of rotatable bonds is 3. The predicted octanol–water partition coefficient (Wildman–Crippen LogP) is 2.61. The van der Waals surface area contributed by atoms with Gasteiger partial charge in [-0.3, -0.25) is 0 Å². The molecule has 1 aromatic carbocycles. The van der Waals surface area contributed by atoms with E-state index in [9.17, 15) is 13.2 Å². The third-order valence-corrected chi connectivity index (χ3v) is 1.87. The molecule has 6 heteroatoms. The first kappa shape index (κ1) is 10.5. The van der Waals surface area contributed by atoms with Gasteiger partial charge in [-0.15, -0.1) is 0 Å². The normalized spacial score (nSPS) is 10.8. The van der Waals surface area contributed by atoms with Gasteiger partial charge in [0.05, 0.1) is 11.9 Å². The number of benzene rings is 1. The van der Waals surface area contributed by atoms with Crippen LogP contribution in [0.4, 0.5) is 13.2 Å². The van der Waals surface area contributed by atoms with E-state index in [0.717, 1.165) is 4.68 Å². The fraction of sp³-hybridized carbons (Fsp3) is 0.100. The summed E-state index contributed by atoms with van der Waals surface area (Å²) in [5.74, 6) is -0.614. The van der Waals surface area contributed by atoms with Crippen LogP contribution in [0.15, 0.2) is 36.5 Å². The highest BCUT2D eigenvalue weighted by Crippen LogP contribution is 2.19. The molecule has 0 saturated carbocycles. The lowest BCUT2D eigenvalue weighted by molar-refractivity contribution is -0.0544. The first-order valence-electron chi connectivity index (χ1n) is 4.41. The molecule has 2 aromatic rings. The van der Waals surface area contributed by atoms with Crippen molar-refractivity contribution in [3.63, 3.8) is 0 Å². The SMILES string of the molecule is Fc1cccc(-n2nccc2OC(F)F)c1. The highest BCUT2D eigenvalue weighted by Gasteiger charge is 2.11. The van der Waals surface area contributed by atoms with Crippen molar-refractivity contribution in [2.24, 2.45) is 0 Å². The number of hydrogen-bond donors (Lipinski definition) is 0. The highest BCUT2D eigenvalue weighted by atomic mass is 19.3. The molecule has 0 unspecified atom stereocenters. The second-order valence-electron chi connectivity index (χ2n) is 2.94. The van der Waals surface area contributed by atoms with Gasteiger partial charge in [0.1, 0.15) is 5.82 Å². The molecule has 0 saturated heterocycles. The van der Waals surface area contributed by atoms with E-state index >= 15 is 0 Å². The molecule has 3 nitrogen and oxygen atoms in total. The Balaban J connectivity index is 2.37. The molecule has 0 bridgehead atoms. The number of halogens is 3. The molecule has 2 rings (SSSR count). The largest absolute Gasteiger partial charge is 0.417 e. The molecule has 1 heterocycles. The van der Waals surface area contributed by atoms with Gasteiger partial charge in [0.25, 0.3) is 0 Å². The van der Waals surface area contributed by atoms with Crippen molar-refractivity contribution in [1.82, 2.24) is 9.78 Å². The lowest BCUT2D eigenvalue weighted by atomic mass is 10.3. The van der Waals surface area contributed by atoms with E-state index in [1.54, 1.807) is 0 Å². The van der Waals surface area contributed by atoms with Gasteiger partial charge >= 0.3 is 6.61 Å². The zero-order valence-electron chi connectivity index (χ0n) is 7.98. The van der Waals surface area contributed by atoms with E-state index < -0.39 is 12.4 Å². The maximum Gasteiger partial charge on any atom is 0.388 e. The van der Waals surface area contributed by atoms with Crippen LogP contribution in [0, 0.1) is 5.82 Å². The van der Waals surface area contributed by atoms with Gasteiger partial charge in [-0.05, 0) is 18.2 Å². The number of hydrogen-bond acceptors (Lipinski definition) is 2. The van der Waals surface area contributed by atoms with Crippen molar-refractivity contribution >= 4 is 0 Å². The van der Waals surface area contributed by atoms with Gasteiger partial charge in [-0.1, -0.05) is 6.07 Å². The molecule has 0 aliphatic carbocycles. The fourth-order valence-electron chi connectivity index (χ4n) is 1.27. The van der Waals surface area contributed by atoms with Crippen LogP contribution in [-0.4, -0.2) is 16.4 Å². The summed E-state index contributed by atoms with van der Waals surface area (Å²) < 4.78 is 42.3. The smallest absolute Gasteiger partial charge is 0.388 e. The lowest BCUT2D eigenvalue weighted by Crippen LogP contribution is -2.07. The molecule has 0 amide bonds. The molecule has 16 heavy (non-hydrogen) atoms. The van der Waals surface area contributed by atoms with Gasteiger partial charge < -0.3 is 4.74 Å². The van der Waals surface area contributed by atoms with Gasteiger partial charge in [0, 0.05) is 6.07 Å². The molecule has 0 radical (unpaired) electrons. The molecule has 0 N–H and O–H groups in total. The van der Waals surface area contributed by atoms with Crippen molar-refractivity contribution in [1.29, 1.82) is 0 Å². The summed E-state index contributed by atoms with van der Waals surface area (Å²) in [7, 11) is 0. The van der Waals surface area contributed by atoms with E-state index in [2.05, 4.69) is 9.84 Å². The van der Waals surface area contributed by atoms with Crippen LogP contribution >= 0.6 is 0 Å². The van der Waals surface area contributed by atoms with E-state index in [1.807, 2.05) is 0 Å². The number of nitrogens with zero attached hydrogens (tertiary/aromatic N) is 2. The van der Waals surface area contributed by atoms with Gasteiger partial charge in [-0.25, -0.2) is 9.07 Å². The molecule has 0 spiro atoms. The minimum absolute atomic E-state index is 0.138. The molecule has 0 atom stereocenters. The predicted molar refractivity (Wildman–Crippen MR) is 50.2 cm³/mol. The molecule has 0 fully saturated rings. The van der Waals surface area contributed by atoms with E-state index in [4.69, 9.17) is 0 Å². The number of alkyl halides is 2. The Labute approximate surface area is 89.1 Å². The van der Waals surface area contributed by atoms with Crippen molar-refractivity contribution in [3.05, 3.63) is 42.3 Å². The van der Waals surface area contributed by atoms with Gasteiger partial charge in [0.2, 0.25) is 5.88 Å². The van der Waals surface area contributed by atoms with Crippen molar-refractivity contribution in [3.8, 4) is 11.6 Å². The van der Waals surface area contributed by atoms with Crippen LogP contribution in [0.3, 0.4) is 0 Å². The topological polar surface area (TPSA) is 27.1 Å². The third kappa shape index (κ3) is 2.16. The van der Waals surface area contributed by atoms with Crippen molar-refractivity contribution < 1.29 is 17.9 Å². The van der Waals surface area contributed by atoms with Crippen LogP contribution in [-0.2, 0) is 0 Å². The number of ether oxygens (including phenoxy) is 1. The number of aromatic nitrogens is 2. The third-order valence-electron chi connectivity index (χ3n) is 1.87. The summed E-state index contributed by atoms with van der Waals surface area (Å²) >= 11 is 0. The van der Waals surface area contributed by atoms with Crippen LogP contribution in [0.2, 0.25) is 0 Å². The summed E-state index contributed by atoms with van der Waals surface area (Å²) in [5, 5.41) is 3.77. The second kappa shape index (κ2) is 4.26. The quantitative estimate of drug-likeness (QED) is 0.807. The van der Waals surface area contributed by atoms with Crippen LogP contribution < -0.4 is 4.74 Å². The fourth-order valence-corrected chi connectivity index (χ4v) is 1.27. The Morgan fingerprint density at radius 1 is 1.25 bits per heavy atom. The van der Waals surface area contributed by atoms with E-state index in [0.29, 0.717) is 5.69 Å². The standard InChI is InChI=1S/C10H7F3N2O/c11-7-2-1-3-8(6-7)15-9(4-5-14-15)16-10(12)13/h1-6,10H. The molecular formula is C10H7F3N2O. The van der Waals surface area contributed by atoms with Crippen LogP contribution in [0.25, 0.3) is 5.69 Å². The molecule has 1 aromatic heterocycles. The Bertz CT molecular complexity index is 484. The summed E-state index contributed by atoms with van der Waals surface area (Å²) in [4.78, 5) is 0. The minimum atomic E-state index is -2.94. The van der Waals surface area contributed by atoms with E-state index in [-0.39, 0.29) is 5.88 Å². The Kier molecular flexibility index (Phi) is 2.80. The summed E-state index contributed by atoms with van der Waals surface area (Å²) in [6.07, 6.45) is 1.29. The second-order valence-corrected chi connectivity index (χ2v) is 2.94. The first-order valence-corrected chi connectivity index (χ1v) is 4.41. The Morgan fingerprint density at radius 3 is 2.75 bits per heavy atom. The van der Waals surface area contributed by atoms with Crippen molar-refractivity contribution in [2.45, 2.75) is 6.61 Å². The highest BCUT2D eigenvalue weighted by molar-refractivity contribution is 5.34. The summed E-state index contributed by atoms with van der Waals surface area (Å²) in [6, 6.07) is 6.69. The van der Waals surface area contributed by atoms with Gasteiger partial charge in [0.15, 0.2) is 0 Å². The average molecular weight is 228 g/mol. The minimum Gasteiger partial charge on any atom is -0.417 e. The van der Waals surface area contributed by atoms with E-state index in [1.165, 1.54) is 36.5 Å². The molecule has 84 valence electrons. The Morgan fingerprint density at radius 2 is 2.06 bits per heavy atom. The Hall–Kier alpha value is -1.98. The molecule has 0 aliphatic rings. The maximum absolute atomic E-state index is 12.9.